The second kappa shape index (κ2) is 9.43. The summed E-state index contributed by atoms with van der Waals surface area (Å²) >= 11 is 0. The van der Waals surface area contributed by atoms with Gasteiger partial charge in [0.2, 0.25) is 11.8 Å². The van der Waals surface area contributed by atoms with E-state index < -0.39 is 23.3 Å². The Bertz CT molecular complexity index is 1010. The largest absolute Gasteiger partial charge is 0.485 e. The van der Waals surface area contributed by atoms with E-state index in [1.807, 2.05) is 52.0 Å². The van der Waals surface area contributed by atoms with Gasteiger partial charge < -0.3 is 25.6 Å². The maximum atomic E-state index is 13.4. The molecule has 35 heavy (non-hydrogen) atoms. The van der Waals surface area contributed by atoms with Gasteiger partial charge in [-0.05, 0) is 52.0 Å². The summed E-state index contributed by atoms with van der Waals surface area (Å²) in [7, 11) is 1.61. The van der Waals surface area contributed by atoms with Gasteiger partial charge in [-0.25, -0.2) is 4.99 Å². The topological polar surface area (TPSA) is 126 Å². The lowest BCUT2D eigenvalue weighted by atomic mass is 9.86. The number of rotatable bonds is 8. The predicted octanol–water partition coefficient (Wildman–Crippen LogP) is 2.13. The highest BCUT2D eigenvalue weighted by Crippen LogP contribution is 2.47. The number of fused-ring (bicyclic) bond motifs is 1. The minimum atomic E-state index is -0.916. The van der Waals surface area contributed by atoms with Crippen molar-refractivity contribution in [3.8, 4) is 5.75 Å². The first-order valence-corrected chi connectivity index (χ1v) is 12.4. The summed E-state index contributed by atoms with van der Waals surface area (Å²) in [6.07, 6.45) is 1.28. The van der Waals surface area contributed by atoms with Crippen LogP contribution in [0.2, 0.25) is 0 Å². The van der Waals surface area contributed by atoms with Crippen molar-refractivity contribution in [1.82, 2.24) is 10.2 Å². The van der Waals surface area contributed by atoms with Crippen LogP contribution in [0.5, 0.6) is 5.75 Å². The monoisotopic (exact) mass is 486 g/mol. The van der Waals surface area contributed by atoms with Gasteiger partial charge in [-0.1, -0.05) is 25.1 Å². The average molecular weight is 487 g/mol. The molecule has 6 atom stereocenters. The van der Waals surface area contributed by atoms with E-state index in [0.29, 0.717) is 25.2 Å². The molecule has 0 radical (unpaired) electrons. The molecule has 2 aliphatic heterocycles. The van der Waals surface area contributed by atoms with Crippen molar-refractivity contribution in [3.05, 3.63) is 29.8 Å². The second-order valence-electron chi connectivity index (χ2n) is 10.8. The summed E-state index contributed by atoms with van der Waals surface area (Å²) in [6.45, 7) is 7.99. The fourth-order valence-electron chi connectivity index (χ4n) is 5.34. The van der Waals surface area contributed by atoms with Crippen molar-refractivity contribution in [3.63, 3.8) is 0 Å². The number of nitrogens with one attached hydrogen (secondary N) is 1. The van der Waals surface area contributed by atoms with Crippen LogP contribution in [0, 0.1) is 11.8 Å². The molecule has 9 heteroatoms. The van der Waals surface area contributed by atoms with Crippen LogP contribution in [0.3, 0.4) is 0 Å². The van der Waals surface area contributed by atoms with Gasteiger partial charge in [-0.2, -0.15) is 0 Å². The van der Waals surface area contributed by atoms with E-state index >= 15 is 0 Å². The number of aliphatic imine (C=N–C) groups is 1. The summed E-state index contributed by atoms with van der Waals surface area (Å²) in [4.78, 5) is 32.7. The van der Waals surface area contributed by atoms with Crippen molar-refractivity contribution >= 4 is 17.8 Å². The molecule has 0 spiro atoms. The highest BCUT2D eigenvalue weighted by Gasteiger charge is 2.53. The Morgan fingerprint density at radius 2 is 2.09 bits per heavy atom. The van der Waals surface area contributed by atoms with Gasteiger partial charge >= 0.3 is 0 Å². The number of benzene rings is 1. The number of guanidine groups is 1. The molecule has 1 saturated carbocycles. The lowest BCUT2D eigenvalue weighted by molar-refractivity contribution is -0.133. The lowest BCUT2D eigenvalue weighted by Gasteiger charge is -2.42. The molecule has 1 aromatic carbocycles. The Kier molecular flexibility index (Phi) is 6.85. The number of nitrogens with two attached hydrogens (primary N) is 1. The number of hydrogen-bond acceptors (Lipinski definition) is 7. The Labute approximate surface area is 207 Å². The lowest BCUT2D eigenvalue weighted by Crippen LogP contribution is -2.56. The first kappa shape index (κ1) is 25.4. The van der Waals surface area contributed by atoms with Crippen LogP contribution < -0.4 is 15.8 Å². The number of ether oxygens (including phenoxy) is 2. The van der Waals surface area contributed by atoms with E-state index in [2.05, 4.69) is 10.3 Å². The minimum Gasteiger partial charge on any atom is -0.485 e. The molecule has 1 aromatic rings. The number of aliphatic hydroxyl groups excluding tert-OH is 1. The second-order valence-corrected chi connectivity index (χ2v) is 10.8. The molecule has 2 heterocycles. The third-order valence-electron chi connectivity index (χ3n) is 7.77. The zero-order valence-electron chi connectivity index (χ0n) is 21.3. The van der Waals surface area contributed by atoms with Gasteiger partial charge in [0.25, 0.3) is 0 Å². The summed E-state index contributed by atoms with van der Waals surface area (Å²) in [6, 6.07) is 6.58. The zero-order valence-corrected chi connectivity index (χ0v) is 21.3. The molecule has 0 saturated heterocycles. The molecule has 9 nitrogen and oxygen atoms in total. The van der Waals surface area contributed by atoms with Crippen molar-refractivity contribution in [2.75, 3.05) is 13.7 Å². The minimum absolute atomic E-state index is 0.0610. The molecule has 192 valence electrons. The molecule has 3 aliphatic rings. The number of amides is 2. The Morgan fingerprint density at radius 3 is 2.74 bits per heavy atom. The van der Waals surface area contributed by atoms with E-state index in [9.17, 15) is 14.7 Å². The molecule has 0 aromatic heterocycles. The van der Waals surface area contributed by atoms with Gasteiger partial charge in [0.15, 0.2) is 5.96 Å². The first-order chi connectivity index (χ1) is 16.5. The van der Waals surface area contributed by atoms with Gasteiger partial charge in [0.05, 0.1) is 18.0 Å². The van der Waals surface area contributed by atoms with E-state index in [0.717, 1.165) is 12.0 Å². The molecule has 4 N–H and O–H groups in total. The van der Waals surface area contributed by atoms with Crippen LogP contribution in [0.15, 0.2) is 29.3 Å². The van der Waals surface area contributed by atoms with Crippen molar-refractivity contribution in [2.24, 2.45) is 22.6 Å². The predicted molar refractivity (Wildman–Crippen MR) is 132 cm³/mol. The van der Waals surface area contributed by atoms with E-state index in [1.165, 1.54) is 0 Å². The van der Waals surface area contributed by atoms with Crippen LogP contribution >= 0.6 is 0 Å². The Morgan fingerprint density at radius 1 is 1.37 bits per heavy atom. The van der Waals surface area contributed by atoms with Gasteiger partial charge in [-0.15, -0.1) is 0 Å². The number of nitrogens with zero attached hydrogens (tertiary/aromatic N) is 2. The zero-order chi connectivity index (χ0) is 25.5. The smallest absolute Gasteiger partial charge is 0.231 e. The molecule has 2 amide bonds. The summed E-state index contributed by atoms with van der Waals surface area (Å²) in [5.74, 6) is 0.307. The number of methoxy groups -OCH3 is 1. The summed E-state index contributed by atoms with van der Waals surface area (Å²) in [5, 5.41) is 14.1. The molecule has 1 aliphatic carbocycles. The molecule has 4 rings (SSSR count). The standard InChI is InChI=1S/C26H38N4O5/c1-6-26(4)14-20(31)30(24(27)29-26)18(11-12-34-5)16-13-17(16)23(33)28-21-15-9-7-8-10-19(15)35-25(2,3)22(21)32/h7-10,16-18,21-22,32H,6,11-14H2,1-5H3,(H2,27,29)(H,28,33)/t16?,17-,18-,21-,22+,26-/m1/s1. The number of carbonyl (C=O) groups is 2. The molecular formula is C26H38N4O5. The molecule has 1 unspecified atom stereocenters. The van der Waals surface area contributed by atoms with Crippen LogP contribution in [-0.4, -0.2) is 64.8 Å². The third kappa shape index (κ3) is 4.89. The quantitative estimate of drug-likeness (QED) is 0.517. The van der Waals surface area contributed by atoms with Crippen molar-refractivity contribution < 1.29 is 24.2 Å². The SMILES string of the molecule is CC[C@]1(C)CC(=O)N([C@H](CCOC)C2C[C@H]2C(=O)N[C@@H]2c3ccccc3OC(C)(C)[C@H]2O)C(N)=N1. The fraction of sp³-hybridized carbons (Fsp3) is 0.654. The van der Waals surface area contributed by atoms with E-state index in [4.69, 9.17) is 15.2 Å². The van der Waals surface area contributed by atoms with Crippen molar-refractivity contribution in [2.45, 2.75) is 82.7 Å². The van der Waals surface area contributed by atoms with E-state index in [-0.39, 0.29) is 42.1 Å². The maximum Gasteiger partial charge on any atom is 0.231 e. The number of aliphatic hydroxyl groups is 1. The van der Waals surface area contributed by atoms with Crippen LogP contribution in [0.1, 0.15) is 65.0 Å². The van der Waals surface area contributed by atoms with Crippen LogP contribution in [0.25, 0.3) is 0 Å². The van der Waals surface area contributed by atoms with Gasteiger partial charge in [-0.3, -0.25) is 14.5 Å². The highest BCUT2D eigenvalue weighted by atomic mass is 16.5. The van der Waals surface area contributed by atoms with E-state index in [1.54, 1.807) is 12.0 Å². The maximum absolute atomic E-state index is 13.4. The van der Waals surface area contributed by atoms with Gasteiger partial charge in [0.1, 0.15) is 17.5 Å². The summed E-state index contributed by atoms with van der Waals surface area (Å²) in [5.41, 5.74) is 5.70. The fourth-order valence-corrected chi connectivity index (χ4v) is 5.34. The number of carbonyl (C=O) groups excluding carboxylic acids is 2. The van der Waals surface area contributed by atoms with Crippen LogP contribution in [-0.2, 0) is 14.3 Å². The normalized spacial score (nSPS) is 32.2. The number of para-hydroxylation sites is 1. The summed E-state index contributed by atoms with van der Waals surface area (Å²) < 4.78 is 11.3. The Balaban J connectivity index is 1.52. The van der Waals surface area contributed by atoms with Crippen molar-refractivity contribution in [1.29, 1.82) is 0 Å². The Hall–Kier alpha value is -2.65. The molecule has 0 bridgehead atoms. The third-order valence-corrected chi connectivity index (χ3v) is 7.77. The first-order valence-electron chi connectivity index (χ1n) is 12.4. The average Bonchev–Trinajstić information content (AvgIpc) is 3.59. The molecule has 1 fully saturated rings. The number of hydrogen-bond donors (Lipinski definition) is 3. The highest BCUT2D eigenvalue weighted by molar-refractivity contribution is 5.99. The molecular weight excluding hydrogens is 448 g/mol. The van der Waals surface area contributed by atoms with Gasteiger partial charge in [0, 0.05) is 31.2 Å². The van der Waals surface area contributed by atoms with Crippen LogP contribution in [0.4, 0.5) is 0 Å².